The van der Waals surface area contributed by atoms with Crippen LogP contribution in [0.2, 0.25) is 5.02 Å². The summed E-state index contributed by atoms with van der Waals surface area (Å²) in [4.78, 5) is 13.1. The number of benzene rings is 3. The van der Waals surface area contributed by atoms with Crippen LogP contribution in [0, 0.1) is 11.6 Å². The molecule has 0 aliphatic rings. The predicted octanol–water partition coefficient (Wildman–Crippen LogP) is 3.65. The van der Waals surface area contributed by atoms with Gasteiger partial charge in [-0.05, 0) is 70.3 Å². The van der Waals surface area contributed by atoms with E-state index >= 15 is 0 Å². The largest absolute Gasteiger partial charge is 0.390 e. The molecule has 0 saturated heterocycles. The molecule has 1 heterocycles. The number of aliphatic hydroxyl groups excluding tert-OH is 1. The third-order valence-electron chi connectivity index (χ3n) is 6.05. The molecule has 0 fully saturated rings. The van der Waals surface area contributed by atoms with Crippen molar-refractivity contribution in [3.8, 4) is 5.69 Å². The Morgan fingerprint density at radius 3 is 2.50 bits per heavy atom. The molecule has 11 heteroatoms. The van der Waals surface area contributed by atoms with Crippen LogP contribution in [0.4, 0.5) is 8.78 Å². The van der Waals surface area contributed by atoms with Crippen LogP contribution < -0.4 is 10.6 Å². The zero-order valence-corrected chi connectivity index (χ0v) is 21.4. The third-order valence-corrected chi connectivity index (χ3v) is 6.36. The van der Waals surface area contributed by atoms with Gasteiger partial charge < -0.3 is 15.7 Å². The fourth-order valence-corrected chi connectivity index (χ4v) is 4.35. The molecule has 1 aromatic heterocycles. The maximum absolute atomic E-state index is 13.8. The van der Waals surface area contributed by atoms with Gasteiger partial charge in [0.25, 0.3) is 5.91 Å². The van der Waals surface area contributed by atoms with E-state index < -0.39 is 29.7 Å². The first-order chi connectivity index (χ1) is 18.3. The molecule has 4 aromatic rings. The van der Waals surface area contributed by atoms with Crippen molar-refractivity contribution in [1.82, 2.24) is 30.8 Å². The number of aromatic nitrogens is 4. The molecule has 0 spiro atoms. The molecule has 8 nitrogen and oxygen atoms in total. The van der Waals surface area contributed by atoms with Crippen LogP contribution in [0.25, 0.3) is 5.69 Å². The van der Waals surface area contributed by atoms with Crippen LogP contribution in [0.1, 0.15) is 34.0 Å². The van der Waals surface area contributed by atoms with E-state index in [0.29, 0.717) is 17.8 Å². The number of aliphatic hydroxyl groups is 1. The van der Waals surface area contributed by atoms with Crippen molar-refractivity contribution >= 4 is 17.5 Å². The van der Waals surface area contributed by atoms with Crippen molar-refractivity contribution in [1.29, 1.82) is 0 Å². The zero-order chi connectivity index (χ0) is 27.1. The molecule has 0 aliphatic heterocycles. The Kier molecular flexibility index (Phi) is 9.11. The second-order valence-corrected chi connectivity index (χ2v) is 9.26. The van der Waals surface area contributed by atoms with E-state index in [1.165, 1.54) is 40.8 Å². The Morgan fingerprint density at radius 2 is 1.82 bits per heavy atom. The molecule has 0 aliphatic carbocycles. The first-order valence-corrected chi connectivity index (χ1v) is 12.5. The molecule has 0 unspecified atom stereocenters. The average molecular weight is 541 g/mol. The average Bonchev–Trinajstić information content (AvgIpc) is 3.43. The lowest BCUT2D eigenvalue weighted by Crippen LogP contribution is -2.48. The molecule has 2 atom stereocenters. The van der Waals surface area contributed by atoms with Crippen LogP contribution in [0.5, 0.6) is 0 Å². The monoisotopic (exact) mass is 540 g/mol. The number of rotatable bonds is 11. The summed E-state index contributed by atoms with van der Waals surface area (Å²) in [6.07, 6.45) is 1.23. The minimum Gasteiger partial charge on any atom is -0.390 e. The van der Waals surface area contributed by atoms with Crippen LogP contribution >= 0.6 is 11.6 Å². The lowest BCUT2D eigenvalue weighted by atomic mass is 10.00. The van der Waals surface area contributed by atoms with E-state index in [2.05, 4.69) is 39.1 Å². The number of amides is 1. The summed E-state index contributed by atoms with van der Waals surface area (Å²) >= 11 is 6.37. The van der Waals surface area contributed by atoms with Crippen molar-refractivity contribution < 1.29 is 18.7 Å². The van der Waals surface area contributed by atoms with Crippen LogP contribution in [-0.2, 0) is 19.4 Å². The van der Waals surface area contributed by atoms with Crippen LogP contribution in [-0.4, -0.2) is 49.9 Å². The summed E-state index contributed by atoms with van der Waals surface area (Å²) in [6.45, 7) is 2.71. The highest BCUT2D eigenvalue weighted by Gasteiger charge is 2.24. The van der Waals surface area contributed by atoms with Gasteiger partial charge in [-0.1, -0.05) is 42.8 Å². The summed E-state index contributed by atoms with van der Waals surface area (Å²) < 4.78 is 29.1. The zero-order valence-electron chi connectivity index (χ0n) is 20.6. The fraction of sp³-hybridized carbons (Fsp3) is 0.259. The number of nitrogens with zero attached hydrogens (tertiary/aromatic N) is 4. The maximum Gasteiger partial charge on any atom is 0.253 e. The SMILES string of the molecule is CCc1cccc(CNC[C@H](O)[C@H](Cc2cc(F)cc(F)c2)NC(=O)c2ccc(-n3cnnn3)cc2Cl)c1. The van der Waals surface area contributed by atoms with Crippen molar-refractivity contribution in [3.05, 3.63) is 106 Å². The fourth-order valence-electron chi connectivity index (χ4n) is 4.09. The number of aryl methyl sites for hydroxylation is 1. The molecule has 0 saturated carbocycles. The standard InChI is InChI=1S/C27H27ClF2N6O2/c1-2-17-4-3-5-18(8-17)14-31-15-26(37)25(11-19-9-20(29)12-21(30)10-19)33-27(38)23-7-6-22(13-24(23)28)36-16-32-34-35-36/h3-10,12-13,16,25-26,31,37H,2,11,14-15H2,1H3,(H,33,38)/t25-,26-/m0/s1. The van der Waals surface area contributed by atoms with Gasteiger partial charge in [0, 0.05) is 19.2 Å². The molecule has 198 valence electrons. The number of halogens is 3. The molecule has 3 aromatic carbocycles. The highest BCUT2D eigenvalue weighted by Crippen LogP contribution is 2.21. The van der Waals surface area contributed by atoms with E-state index in [9.17, 15) is 18.7 Å². The Bertz CT molecular complexity index is 1370. The van der Waals surface area contributed by atoms with Gasteiger partial charge in [-0.3, -0.25) is 4.79 Å². The van der Waals surface area contributed by atoms with Crippen LogP contribution in [0.3, 0.4) is 0 Å². The predicted molar refractivity (Wildman–Crippen MR) is 139 cm³/mol. The highest BCUT2D eigenvalue weighted by atomic mass is 35.5. The van der Waals surface area contributed by atoms with E-state index in [4.69, 9.17) is 11.6 Å². The van der Waals surface area contributed by atoms with Gasteiger partial charge in [-0.15, -0.1) is 5.10 Å². The van der Waals surface area contributed by atoms with Gasteiger partial charge in [-0.2, -0.15) is 0 Å². The molecule has 38 heavy (non-hydrogen) atoms. The van der Waals surface area contributed by atoms with Gasteiger partial charge in [0.05, 0.1) is 28.4 Å². The van der Waals surface area contributed by atoms with Crippen molar-refractivity contribution in [2.24, 2.45) is 0 Å². The summed E-state index contributed by atoms with van der Waals surface area (Å²) in [6, 6.07) is 15.0. The van der Waals surface area contributed by atoms with E-state index in [0.717, 1.165) is 18.1 Å². The molecular formula is C27H27ClF2N6O2. The third kappa shape index (κ3) is 7.18. The summed E-state index contributed by atoms with van der Waals surface area (Å²) in [5.74, 6) is -2.03. The van der Waals surface area contributed by atoms with Gasteiger partial charge in [-0.25, -0.2) is 13.5 Å². The number of carbonyl (C=O) groups excluding carboxylic acids is 1. The van der Waals surface area contributed by atoms with Crippen LogP contribution in [0.15, 0.2) is 67.0 Å². The summed E-state index contributed by atoms with van der Waals surface area (Å²) in [7, 11) is 0. The number of nitrogens with one attached hydrogen (secondary N) is 2. The Labute approximate surface area is 223 Å². The van der Waals surface area contributed by atoms with Crippen molar-refractivity contribution in [3.63, 3.8) is 0 Å². The summed E-state index contributed by atoms with van der Waals surface area (Å²) in [5.41, 5.74) is 3.27. The topological polar surface area (TPSA) is 105 Å². The maximum atomic E-state index is 13.8. The molecule has 1 amide bonds. The number of carbonyl (C=O) groups is 1. The lowest BCUT2D eigenvalue weighted by Gasteiger charge is -2.25. The van der Waals surface area contributed by atoms with Crippen molar-refractivity contribution in [2.45, 2.75) is 38.5 Å². The van der Waals surface area contributed by atoms with Gasteiger partial charge >= 0.3 is 0 Å². The quantitative estimate of drug-likeness (QED) is 0.268. The molecule has 0 radical (unpaired) electrons. The Morgan fingerprint density at radius 1 is 1.05 bits per heavy atom. The van der Waals surface area contributed by atoms with E-state index in [1.54, 1.807) is 6.07 Å². The summed E-state index contributed by atoms with van der Waals surface area (Å²) in [5, 5.41) is 28.0. The Balaban J connectivity index is 1.48. The normalized spacial score (nSPS) is 12.8. The number of tetrazole rings is 1. The minimum absolute atomic E-state index is 0.00504. The highest BCUT2D eigenvalue weighted by molar-refractivity contribution is 6.34. The first-order valence-electron chi connectivity index (χ1n) is 12.1. The molecular weight excluding hydrogens is 514 g/mol. The second-order valence-electron chi connectivity index (χ2n) is 8.85. The number of hydrogen-bond donors (Lipinski definition) is 3. The second kappa shape index (κ2) is 12.7. The van der Waals surface area contributed by atoms with Crippen molar-refractivity contribution in [2.75, 3.05) is 6.54 Å². The lowest BCUT2D eigenvalue weighted by molar-refractivity contribution is 0.0830. The first kappa shape index (κ1) is 27.3. The molecule has 4 rings (SSSR count). The van der Waals surface area contributed by atoms with Gasteiger partial charge in [0.15, 0.2) is 0 Å². The van der Waals surface area contributed by atoms with E-state index in [-0.39, 0.29) is 23.6 Å². The molecule has 3 N–H and O–H groups in total. The van der Waals surface area contributed by atoms with Gasteiger partial charge in [0.2, 0.25) is 0 Å². The van der Waals surface area contributed by atoms with E-state index in [1.807, 2.05) is 18.2 Å². The Hall–Kier alpha value is -3.73. The number of hydrogen-bond acceptors (Lipinski definition) is 6. The van der Waals surface area contributed by atoms with Gasteiger partial charge in [0.1, 0.15) is 18.0 Å². The molecule has 0 bridgehead atoms. The smallest absolute Gasteiger partial charge is 0.253 e. The minimum atomic E-state index is -1.07.